The third-order valence-electron chi connectivity index (χ3n) is 3.67. The molecule has 0 saturated carbocycles. The maximum absolute atomic E-state index is 13.8. The summed E-state index contributed by atoms with van der Waals surface area (Å²) in [6, 6.07) is 10.4. The van der Waals surface area contributed by atoms with Gasteiger partial charge in [-0.1, -0.05) is 18.2 Å². The zero-order valence-electron chi connectivity index (χ0n) is 11.4. The molecule has 0 aliphatic carbocycles. The average Bonchev–Trinajstić information content (AvgIpc) is 2.47. The van der Waals surface area contributed by atoms with Crippen LogP contribution in [0.3, 0.4) is 0 Å². The van der Waals surface area contributed by atoms with Crippen LogP contribution in [0.2, 0.25) is 0 Å². The van der Waals surface area contributed by atoms with Crippen molar-refractivity contribution in [3.8, 4) is 0 Å². The summed E-state index contributed by atoms with van der Waals surface area (Å²) in [5, 5.41) is 6.46. The van der Waals surface area contributed by atoms with Gasteiger partial charge in [-0.15, -0.1) is 0 Å². The van der Waals surface area contributed by atoms with Gasteiger partial charge in [0.1, 0.15) is 5.82 Å². The molecular formula is C16H16FN3O. The molecule has 0 unspecified atom stereocenters. The first-order valence-electron chi connectivity index (χ1n) is 6.83. The first kappa shape index (κ1) is 13.6. The lowest BCUT2D eigenvalue weighted by Gasteiger charge is -2.21. The molecule has 0 bridgehead atoms. The Kier molecular flexibility index (Phi) is 3.58. The minimum Gasteiger partial charge on any atom is -0.365 e. The molecule has 1 aliphatic heterocycles. The molecule has 2 aromatic carbocycles. The van der Waals surface area contributed by atoms with E-state index in [-0.39, 0.29) is 5.56 Å². The molecule has 0 atom stereocenters. The summed E-state index contributed by atoms with van der Waals surface area (Å²) in [6.45, 7) is 1.72. The SMILES string of the molecule is NC(=O)c1c(F)cccc1Nc1cccc2c1CCNC2. The van der Waals surface area contributed by atoms with Crippen LogP contribution in [-0.4, -0.2) is 12.5 Å². The summed E-state index contributed by atoms with van der Waals surface area (Å²) in [5.74, 6) is -1.39. The van der Waals surface area contributed by atoms with Crippen LogP contribution in [0.1, 0.15) is 21.5 Å². The molecule has 1 aliphatic rings. The fraction of sp³-hybridized carbons (Fsp3) is 0.188. The summed E-state index contributed by atoms with van der Waals surface area (Å²) in [7, 11) is 0. The van der Waals surface area contributed by atoms with Crippen LogP contribution in [0.15, 0.2) is 36.4 Å². The van der Waals surface area contributed by atoms with Crippen LogP contribution < -0.4 is 16.4 Å². The van der Waals surface area contributed by atoms with Crippen molar-refractivity contribution < 1.29 is 9.18 Å². The van der Waals surface area contributed by atoms with Crippen LogP contribution in [0, 0.1) is 5.82 Å². The quantitative estimate of drug-likeness (QED) is 0.810. The molecule has 108 valence electrons. The number of halogens is 1. The number of primary amides is 1. The number of fused-ring (bicyclic) bond motifs is 1. The van der Waals surface area contributed by atoms with Crippen molar-refractivity contribution in [1.82, 2.24) is 5.32 Å². The van der Waals surface area contributed by atoms with E-state index in [4.69, 9.17) is 5.73 Å². The molecule has 2 aromatic rings. The molecule has 0 aromatic heterocycles. The highest BCUT2D eigenvalue weighted by Crippen LogP contribution is 2.28. The Morgan fingerprint density at radius 2 is 1.95 bits per heavy atom. The van der Waals surface area contributed by atoms with E-state index in [9.17, 15) is 9.18 Å². The van der Waals surface area contributed by atoms with E-state index < -0.39 is 11.7 Å². The van der Waals surface area contributed by atoms with Crippen LogP contribution in [0.5, 0.6) is 0 Å². The molecule has 0 fully saturated rings. The second-order valence-corrected chi connectivity index (χ2v) is 5.02. The number of benzene rings is 2. The minimum atomic E-state index is -0.776. The van der Waals surface area contributed by atoms with Gasteiger partial charge >= 0.3 is 0 Å². The van der Waals surface area contributed by atoms with Crippen molar-refractivity contribution in [1.29, 1.82) is 0 Å². The number of carbonyl (C=O) groups is 1. The predicted octanol–water partition coefficient (Wildman–Crippen LogP) is 2.31. The van der Waals surface area contributed by atoms with Crippen LogP contribution in [0.4, 0.5) is 15.8 Å². The Morgan fingerprint density at radius 3 is 2.76 bits per heavy atom. The van der Waals surface area contributed by atoms with Gasteiger partial charge in [0.25, 0.3) is 5.91 Å². The fourth-order valence-corrected chi connectivity index (χ4v) is 2.67. The average molecular weight is 285 g/mol. The van der Waals surface area contributed by atoms with E-state index in [0.29, 0.717) is 5.69 Å². The van der Waals surface area contributed by atoms with Crippen molar-refractivity contribution >= 4 is 17.3 Å². The lowest BCUT2D eigenvalue weighted by atomic mass is 9.98. The number of carbonyl (C=O) groups excluding carboxylic acids is 1. The Bertz CT molecular complexity index is 700. The van der Waals surface area contributed by atoms with E-state index in [0.717, 1.165) is 25.2 Å². The first-order chi connectivity index (χ1) is 10.2. The molecule has 21 heavy (non-hydrogen) atoms. The number of nitrogens with one attached hydrogen (secondary N) is 2. The van der Waals surface area contributed by atoms with Crippen molar-refractivity contribution in [2.75, 3.05) is 11.9 Å². The molecular weight excluding hydrogens is 269 g/mol. The third kappa shape index (κ3) is 2.60. The van der Waals surface area contributed by atoms with Gasteiger partial charge in [0, 0.05) is 12.2 Å². The second-order valence-electron chi connectivity index (χ2n) is 5.02. The molecule has 1 amide bonds. The van der Waals surface area contributed by atoms with Crippen LogP contribution in [-0.2, 0) is 13.0 Å². The van der Waals surface area contributed by atoms with Gasteiger partial charge in [-0.05, 0) is 42.3 Å². The molecule has 0 saturated heterocycles. The molecule has 5 heteroatoms. The van der Waals surface area contributed by atoms with Crippen molar-refractivity contribution in [2.45, 2.75) is 13.0 Å². The highest BCUT2D eigenvalue weighted by atomic mass is 19.1. The normalized spacial score (nSPS) is 13.6. The number of anilines is 2. The Labute approximate surface area is 122 Å². The largest absolute Gasteiger partial charge is 0.365 e. The summed E-state index contributed by atoms with van der Waals surface area (Å²) >= 11 is 0. The van der Waals surface area contributed by atoms with E-state index in [1.165, 1.54) is 17.2 Å². The molecule has 4 nitrogen and oxygen atoms in total. The molecule has 4 N–H and O–H groups in total. The highest BCUT2D eigenvalue weighted by Gasteiger charge is 2.17. The zero-order valence-corrected chi connectivity index (χ0v) is 11.4. The van der Waals surface area contributed by atoms with Crippen LogP contribution >= 0.6 is 0 Å². The van der Waals surface area contributed by atoms with Crippen LogP contribution in [0.25, 0.3) is 0 Å². The summed E-state index contributed by atoms with van der Waals surface area (Å²) in [5.41, 5.74) is 8.86. The van der Waals surface area contributed by atoms with Gasteiger partial charge in [-0.3, -0.25) is 4.79 Å². The van der Waals surface area contributed by atoms with Crippen molar-refractivity contribution in [3.63, 3.8) is 0 Å². The van der Waals surface area contributed by atoms with Crippen molar-refractivity contribution in [3.05, 3.63) is 58.9 Å². The number of amides is 1. The van der Waals surface area contributed by atoms with Gasteiger partial charge in [-0.25, -0.2) is 4.39 Å². The first-order valence-corrected chi connectivity index (χ1v) is 6.83. The van der Waals surface area contributed by atoms with E-state index >= 15 is 0 Å². The predicted molar refractivity (Wildman–Crippen MR) is 80.1 cm³/mol. The standard InChI is InChI=1S/C16H16FN3O/c17-12-4-2-6-14(15(12)16(18)21)20-13-5-1-3-10-9-19-8-7-11(10)13/h1-6,19-20H,7-9H2,(H2,18,21). The zero-order chi connectivity index (χ0) is 14.8. The van der Waals surface area contributed by atoms with Gasteiger partial charge < -0.3 is 16.4 Å². The topological polar surface area (TPSA) is 67.2 Å². The smallest absolute Gasteiger partial charge is 0.253 e. The van der Waals surface area contributed by atoms with Crippen molar-refractivity contribution in [2.24, 2.45) is 5.73 Å². The Hall–Kier alpha value is -2.40. The van der Waals surface area contributed by atoms with E-state index in [1.807, 2.05) is 12.1 Å². The van der Waals surface area contributed by atoms with Gasteiger partial charge in [0.15, 0.2) is 0 Å². The molecule has 0 radical (unpaired) electrons. The highest BCUT2D eigenvalue weighted by molar-refractivity contribution is 5.99. The minimum absolute atomic E-state index is 0.107. The van der Waals surface area contributed by atoms with Gasteiger partial charge in [-0.2, -0.15) is 0 Å². The van der Waals surface area contributed by atoms with Gasteiger partial charge in [0.05, 0.1) is 11.3 Å². The second kappa shape index (κ2) is 5.54. The number of hydrogen-bond donors (Lipinski definition) is 3. The van der Waals surface area contributed by atoms with Gasteiger partial charge in [0.2, 0.25) is 0 Å². The lowest BCUT2D eigenvalue weighted by Crippen LogP contribution is -2.24. The lowest BCUT2D eigenvalue weighted by molar-refractivity contribution is 0.0997. The summed E-state index contributed by atoms with van der Waals surface area (Å²) < 4.78 is 13.8. The van der Waals surface area contributed by atoms with E-state index in [1.54, 1.807) is 12.1 Å². The number of rotatable bonds is 3. The fourth-order valence-electron chi connectivity index (χ4n) is 2.67. The molecule has 0 spiro atoms. The number of nitrogens with two attached hydrogens (primary N) is 1. The maximum Gasteiger partial charge on any atom is 0.253 e. The Morgan fingerprint density at radius 1 is 1.19 bits per heavy atom. The summed E-state index contributed by atoms with van der Waals surface area (Å²) in [4.78, 5) is 11.5. The Balaban J connectivity index is 2.02. The third-order valence-corrected chi connectivity index (χ3v) is 3.67. The maximum atomic E-state index is 13.8. The molecule has 1 heterocycles. The van der Waals surface area contributed by atoms with E-state index in [2.05, 4.69) is 16.7 Å². The molecule has 3 rings (SSSR count). The summed E-state index contributed by atoms with van der Waals surface area (Å²) in [6.07, 6.45) is 0.889. The monoisotopic (exact) mass is 285 g/mol. The number of hydrogen-bond acceptors (Lipinski definition) is 3.